The molecule has 0 saturated carbocycles. The van der Waals surface area contributed by atoms with E-state index in [2.05, 4.69) is 72.0 Å². The Morgan fingerprint density at radius 2 is 0.962 bits per heavy atom. The third-order valence-corrected chi connectivity index (χ3v) is 21.6. The maximum Gasteiger partial charge on any atom is 0.314 e. The van der Waals surface area contributed by atoms with E-state index >= 15 is 0 Å². The van der Waals surface area contributed by atoms with Crippen molar-refractivity contribution in [2.45, 2.75) is 97.3 Å². The molecule has 0 aromatic heterocycles. The van der Waals surface area contributed by atoms with E-state index in [1.807, 2.05) is 0 Å². The van der Waals surface area contributed by atoms with Gasteiger partial charge in [0.1, 0.15) is 0 Å². The summed E-state index contributed by atoms with van der Waals surface area (Å²) in [6.07, 6.45) is 3.49. The van der Waals surface area contributed by atoms with Gasteiger partial charge in [-0.1, -0.05) is 12.8 Å². The van der Waals surface area contributed by atoms with Crippen molar-refractivity contribution in [1.82, 2.24) is 0 Å². The van der Waals surface area contributed by atoms with Gasteiger partial charge in [-0.25, -0.2) is 0 Å². The molecular weight excluding hydrogens is 411 g/mol. The largest absolute Gasteiger partial charge is 0.437 e. The van der Waals surface area contributed by atoms with Gasteiger partial charge in [0.15, 0.2) is 16.6 Å². The van der Waals surface area contributed by atoms with Crippen molar-refractivity contribution in [2.24, 2.45) is 5.73 Å². The summed E-state index contributed by atoms with van der Waals surface area (Å²) in [5.41, 5.74) is 5.59. The second-order valence-corrected chi connectivity index (χ2v) is 30.0. The van der Waals surface area contributed by atoms with Crippen molar-refractivity contribution in [3.8, 4) is 0 Å². The Labute approximate surface area is 168 Å². The van der Waals surface area contributed by atoms with Crippen LogP contribution in [0.15, 0.2) is 0 Å². The Morgan fingerprint density at radius 3 is 1.38 bits per heavy atom. The van der Waals surface area contributed by atoms with E-state index in [0.29, 0.717) is 0 Å². The van der Waals surface area contributed by atoms with Crippen molar-refractivity contribution in [1.29, 1.82) is 0 Å². The monoisotopic (exact) mass is 455 g/mol. The van der Waals surface area contributed by atoms with Crippen molar-refractivity contribution in [3.05, 3.63) is 0 Å². The minimum absolute atomic E-state index is 0.780. The van der Waals surface area contributed by atoms with Gasteiger partial charge in [-0.3, -0.25) is 0 Å². The molecule has 26 heavy (non-hydrogen) atoms. The second kappa shape index (κ2) is 10.1. The first-order valence-corrected chi connectivity index (χ1v) is 24.9. The van der Waals surface area contributed by atoms with Gasteiger partial charge >= 0.3 is 25.7 Å². The lowest BCUT2D eigenvalue weighted by Crippen LogP contribution is -2.58. The molecule has 5 nitrogen and oxygen atoms in total. The average Bonchev–Trinajstić information content (AvgIpc) is 2.26. The SMILES string of the molecule is C[Si](C)(C)O[Si](C)(C)O[Si](C)(C)O[Si](C)(C)O[Si](C)(C)CCCCCN. The zero-order chi connectivity index (χ0) is 20.9. The second-order valence-electron chi connectivity index (χ2n) is 10.1. The van der Waals surface area contributed by atoms with E-state index in [0.717, 1.165) is 19.0 Å². The molecule has 0 spiro atoms. The minimum atomic E-state index is -2.32. The smallest absolute Gasteiger partial charge is 0.314 e. The van der Waals surface area contributed by atoms with Crippen LogP contribution in [0.25, 0.3) is 0 Å². The number of unbranched alkanes of at least 4 members (excludes halogenated alkanes) is 2. The first-order chi connectivity index (χ1) is 11.4. The minimum Gasteiger partial charge on any atom is -0.437 e. The Kier molecular flexibility index (Phi) is 10.4. The molecule has 0 aliphatic rings. The van der Waals surface area contributed by atoms with Gasteiger partial charge < -0.3 is 22.2 Å². The number of hydrogen-bond donors (Lipinski definition) is 1. The van der Waals surface area contributed by atoms with Gasteiger partial charge in [0.2, 0.25) is 0 Å². The fourth-order valence-electron chi connectivity index (χ4n) is 3.57. The Balaban J connectivity index is 4.78. The fourth-order valence-corrected chi connectivity index (χ4v) is 27.4. The molecule has 0 unspecified atom stereocenters. The number of rotatable bonds is 13. The van der Waals surface area contributed by atoms with E-state index in [4.69, 9.17) is 22.2 Å². The molecule has 0 atom stereocenters. The van der Waals surface area contributed by atoms with Crippen LogP contribution in [0.3, 0.4) is 0 Å². The summed E-state index contributed by atoms with van der Waals surface area (Å²) in [7, 11) is -10.1. The van der Waals surface area contributed by atoms with Crippen LogP contribution in [0, 0.1) is 0 Å². The van der Waals surface area contributed by atoms with Crippen molar-refractivity contribution in [2.75, 3.05) is 6.54 Å². The molecule has 0 aliphatic heterocycles. The van der Waals surface area contributed by atoms with Crippen molar-refractivity contribution >= 4 is 42.3 Å². The summed E-state index contributed by atoms with van der Waals surface area (Å²) >= 11 is 0. The molecule has 0 rings (SSSR count). The maximum absolute atomic E-state index is 6.62. The molecule has 158 valence electrons. The van der Waals surface area contributed by atoms with Crippen LogP contribution in [-0.2, 0) is 16.5 Å². The van der Waals surface area contributed by atoms with Crippen LogP contribution in [0.1, 0.15) is 19.3 Å². The van der Waals surface area contributed by atoms with Gasteiger partial charge in [-0.05, 0) is 91.0 Å². The lowest BCUT2D eigenvalue weighted by atomic mass is 10.2. The van der Waals surface area contributed by atoms with Gasteiger partial charge in [-0.15, -0.1) is 0 Å². The normalized spacial score (nSPS) is 14.8. The van der Waals surface area contributed by atoms with Gasteiger partial charge in [0, 0.05) is 0 Å². The molecule has 10 heteroatoms. The third-order valence-electron chi connectivity index (χ3n) is 3.54. The lowest BCUT2D eigenvalue weighted by molar-refractivity contribution is 0.299. The highest BCUT2D eigenvalue weighted by Gasteiger charge is 2.44. The summed E-state index contributed by atoms with van der Waals surface area (Å²) in [5, 5.41) is 0. The molecule has 0 aliphatic carbocycles. The molecule has 0 fully saturated rings. The summed E-state index contributed by atoms with van der Waals surface area (Å²) in [6, 6.07) is 1.16. The highest BCUT2D eigenvalue weighted by molar-refractivity contribution is 6.90. The van der Waals surface area contributed by atoms with E-state index < -0.39 is 42.3 Å². The molecule has 0 amide bonds. The van der Waals surface area contributed by atoms with Crippen LogP contribution in [0.4, 0.5) is 0 Å². The summed E-state index contributed by atoms with van der Waals surface area (Å²) in [4.78, 5) is 0. The first-order valence-electron chi connectivity index (χ1n) is 9.89. The molecule has 0 aromatic carbocycles. The van der Waals surface area contributed by atoms with Gasteiger partial charge in [-0.2, -0.15) is 0 Å². The molecule has 2 N–H and O–H groups in total. The van der Waals surface area contributed by atoms with Gasteiger partial charge in [0.05, 0.1) is 0 Å². The summed E-state index contributed by atoms with van der Waals surface area (Å²) in [5.74, 6) is 0. The average molecular weight is 456 g/mol. The standard InChI is InChI=1S/C16H45NO4Si5/c1-22(2,3)18-24(6,7)20-26(10,11)21-25(8,9)19-23(4,5)16-14-12-13-15-17/h12-17H2,1-11H3. The molecule has 0 heterocycles. The quantitative estimate of drug-likeness (QED) is 0.300. The molecule has 0 aromatic rings. The number of nitrogens with two attached hydrogens (primary N) is 1. The van der Waals surface area contributed by atoms with E-state index in [1.54, 1.807) is 0 Å². The Hall–Kier alpha value is 0.884. The Bertz CT molecular complexity index is 425. The predicted octanol–water partition coefficient (Wildman–Crippen LogP) is 5.33. The fraction of sp³-hybridized carbons (Fsp3) is 1.00. The summed E-state index contributed by atoms with van der Waals surface area (Å²) < 4.78 is 26.0. The summed E-state index contributed by atoms with van der Waals surface area (Å²) in [6.45, 7) is 24.9. The zero-order valence-electron chi connectivity index (χ0n) is 19.2. The zero-order valence-corrected chi connectivity index (χ0v) is 24.2. The van der Waals surface area contributed by atoms with Crippen molar-refractivity contribution < 1.29 is 16.5 Å². The molecule has 0 saturated heterocycles. The molecular formula is C16H45NO4Si5. The highest BCUT2D eigenvalue weighted by Crippen LogP contribution is 2.27. The topological polar surface area (TPSA) is 62.9 Å². The Morgan fingerprint density at radius 1 is 0.538 bits per heavy atom. The van der Waals surface area contributed by atoms with Gasteiger partial charge in [0.25, 0.3) is 0 Å². The van der Waals surface area contributed by atoms with E-state index in [1.165, 1.54) is 12.8 Å². The van der Waals surface area contributed by atoms with Crippen LogP contribution < -0.4 is 5.73 Å². The lowest BCUT2D eigenvalue weighted by Gasteiger charge is -2.42. The first kappa shape index (κ1) is 26.9. The van der Waals surface area contributed by atoms with Crippen LogP contribution in [-0.4, -0.2) is 48.9 Å². The van der Waals surface area contributed by atoms with Crippen molar-refractivity contribution in [3.63, 3.8) is 0 Å². The van der Waals surface area contributed by atoms with Crippen LogP contribution in [0.5, 0.6) is 0 Å². The molecule has 0 bridgehead atoms. The van der Waals surface area contributed by atoms with Crippen LogP contribution in [0.2, 0.25) is 78.1 Å². The van der Waals surface area contributed by atoms with E-state index in [-0.39, 0.29) is 0 Å². The highest BCUT2D eigenvalue weighted by atomic mass is 28.5. The third kappa shape index (κ3) is 14.0. The number of hydrogen-bond acceptors (Lipinski definition) is 5. The molecule has 0 radical (unpaired) electrons. The van der Waals surface area contributed by atoms with E-state index in [9.17, 15) is 0 Å². The van der Waals surface area contributed by atoms with Crippen LogP contribution >= 0.6 is 0 Å². The predicted molar refractivity (Wildman–Crippen MR) is 125 cm³/mol. The maximum atomic E-state index is 6.62.